The molecule has 0 spiro atoms. The number of nitrogens with zero attached hydrogens (tertiary/aromatic N) is 2. The lowest BCUT2D eigenvalue weighted by Crippen LogP contribution is -2.23. The lowest BCUT2D eigenvalue weighted by molar-refractivity contribution is -0.117. The van der Waals surface area contributed by atoms with Crippen LogP contribution in [0.15, 0.2) is 35.2 Å². The maximum absolute atomic E-state index is 12.3. The minimum atomic E-state index is -3.52. The van der Waals surface area contributed by atoms with Gasteiger partial charge in [0, 0.05) is 25.5 Å². The van der Waals surface area contributed by atoms with E-state index in [0.29, 0.717) is 18.1 Å². The molecule has 1 atom stereocenters. The molecule has 2 amide bonds. The van der Waals surface area contributed by atoms with E-state index in [4.69, 9.17) is 0 Å². The van der Waals surface area contributed by atoms with Crippen molar-refractivity contribution in [2.45, 2.75) is 30.6 Å². The number of carbonyl (C=O) groups is 2. The fraction of sp³-hybridized carbons (Fsp3) is 0.353. The molecule has 0 radical (unpaired) electrons. The predicted molar refractivity (Wildman–Crippen MR) is 96.6 cm³/mol. The summed E-state index contributed by atoms with van der Waals surface area (Å²) in [5.41, 5.74) is 0.756. The van der Waals surface area contributed by atoms with Crippen LogP contribution in [0.2, 0.25) is 0 Å². The third kappa shape index (κ3) is 3.62. The van der Waals surface area contributed by atoms with Gasteiger partial charge in [0.05, 0.1) is 10.6 Å². The van der Waals surface area contributed by atoms with E-state index in [2.05, 4.69) is 15.7 Å². The lowest BCUT2D eigenvalue weighted by Gasteiger charge is -2.20. The Bertz CT molecular complexity index is 951. The van der Waals surface area contributed by atoms with Gasteiger partial charge in [-0.25, -0.2) is 8.42 Å². The molecule has 2 aromatic rings. The number of anilines is 2. The molecule has 0 bridgehead atoms. The van der Waals surface area contributed by atoms with Crippen molar-refractivity contribution in [1.82, 2.24) is 9.78 Å². The quantitative estimate of drug-likeness (QED) is 0.825. The first-order valence-electron chi connectivity index (χ1n) is 8.22. The Balaban J connectivity index is 1.70. The Morgan fingerprint density at radius 2 is 2.04 bits per heavy atom. The largest absolute Gasteiger partial charge is 0.311 e. The average molecular weight is 376 g/mol. The molecule has 2 N–H and O–H groups in total. The molecule has 1 aromatic carbocycles. The Morgan fingerprint density at radius 1 is 1.35 bits per heavy atom. The van der Waals surface area contributed by atoms with Gasteiger partial charge in [-0.3, -0.25) is 14.3 Å². The van der Waals surface area contributed by atoms with Gasteiger partial charge in [0.1, 0.15) is 5.82 Å². The second-order valence-corrected chi connectivity index (χ2v) is 8.43. The Morgan fingerprint density at radius 3 is 2.73 bits per heavy atom. The Labute approximate surface area is 151 Å². The highest BCUT2D eigenvalue weighted by atomic mass is 32.2. The first-order valence-corrected chi connectivity index (χ1v) is 9.87. The SMILES string of the molecule is CC1CC(=O)Nc2c1c(NC(=O)CCS(=O)(=O)c1ccccc1)nn2C. The second kappa shape index (κ2) is 6.91. The number of sulfone groups is 1. The highest BCUT2D eigenvalue weighted by molar-refractivity contribution is 7.91. The third-order valence-electron chi connectivity index (χ3n) is 4.28. The van der Waals surface area contributed by atoms with E-state index < -0.39 is 15.7 Å². The van der Waals surface area contributed by atoms with Crippen LogP contribution in [-0.4, -0.2) is 35.8 Å². The highest BCUT2D eigenvalue weighted by Crippen LogP contribution is 2.36. The number of aromatic nitrogens is 2. The van der Waals surface area contributed by atoms with Crippen molar-refractivity contribution in [3.05, 3.63) is 35.9 Å². The number of rotatable bonds is 5. The first-order chi connectivity index (χ1) is 12.3. The maximum atomic E-state index is 12.3. The zero-order valence-corrected chi connectivity index (χ0v) is 15.3. The van der Waals surface area contributed by atoms with Crippen LogP contribution in [0.25, 0.3) is 0 Å². The van der Waals surface area contributed by atoms with Gasteiger partial charge in [0.2, 0.25) is 11.8 Å². The van der Waals surface area contributed by atoms with Crippen molar-refractivity contribution in [2.24, 2.45) is 7.05 Å². The summed E-state index contributed by atoms with van der Waals surface area (Å²) in [5.74, 6) is 0.00709. The van der Waals surface area contributed by atoms with Crippen molar-refractivity contribution in [2.75, 3.05) is 16.4 Å². The number of aryl methyl sites for hydroxylation is 1. The number of hydrogen-bond acceptors (Lipinski definition) is 5. The van der Waals surface area contributed by atoms with Gasteiger partial charge in [0.25, 0.3) is 0 Å². The average Bonchev–Trinajstić information content (AvgIpc) is 2.90. The molecule has 0 saturated carbocycles. The summed E-state index contributed by atoms with van der Waals surface area (Å²) in [4.78, 5) is 24.1. The number of benzene rings is 1. The monoisotopic (exact) mass is 376 g/mol. The standard InChI is InChI=1S/C17H20N4O4S/c1-11-10-14(23)19-17-15(11)16(20-21(17)2)18-13(22)8-9-26(24,25)12-6-4-3-5-7-12/h3-7,11H,8-10H2,1-2H3,(H,19,23)(H,18,20,22). The van der Waals surface area contributed by atoms with Crippen molar-refractivity contribution in [3.63, 3.8) is 0 Å². The van der Waals surface area contributed by atoms with Crippen molar-refractivity contribution in [1.29, 1.82) is 0 Å². The zero-order valence-electron chi connectivity index (χ0n) is 14.5. The molecular formula is C17H20N4O4S. The maximum Gasteiger partial charge on any atom is 0.226 e. The molecule has 138 valence electrons. The molecular weight excluding hydrogens is 356 g/mol. The van der Waals surface area contributed by atoms with Crippen molar-refractivity contribution < 1.29 is 18.0 Å². The summed E-state index contributed by atoms with van der Waals surface area (Å²) in [5, 5.41) is 9.66. The number of nitrogens with one attached hydrogen (secondary N) is 2. The fourth-order valence-corrected chi connectivity index (χ4v) is 4.24. The molecule has 3 rings (SSSR count). The van der Waals surface area contributed by atoms with Crippen LogP contribution >= 0.6 is 0 Å². The first kappa shape index (κ1) is 18.1. The molecule has 0 saturated heterocycles. The van der Waals surface area contributed by atoms with E-state index in [9.17, 15) is 18.0 Å². The third-order valence-corrected chi connectivity index (χ3v) is 6.02. The van der Waals surface area contributed by atoms with E-state index in [-0.39, 0.29) is 28.9 Å². The molecule has 1 aromatic heterocycles. The van der Waals surface area contributed by atoms with Gasteiger partial charge in [-0.1, -0.05) is 25.1 Å². The number of amides is 2. The van der Waals surface area contributed by atoms with E-state index >= 15 is 0 Å². The Hall–Kier alpha value is -2.68. The second-order valence-electron chi connectivity index (χ2n) is 6.32. The molecule has 8 nitrogen and oxygen atoms in total. The van der Waals surface area contributed by atoms with Gasteiger partial charge < -0.3 is 10.6 Å². The number of carbonyl (C=O) groups excluding carboxylic acids is 2. The summed E-state index contributed by atoms with van der Waals surface area (Å²) in [7, 11) is -1.85. The van der Waals surface area contributed by atoms with Gasteiger partial charge in [-0.2, -0.15) is 5.10 Å². The normalized spacial score (nSPS) is 16.7. The zero-order chi connectivity index (χ0) is 18.9. The molecule has 1 aliphatic rings. The Kier molecular flexibility index (Phi) is 4.82. The van der Waals surface area contributed by atoms with E-state index in [1.54, 1.807) is 25.2 Å². The van der Waals surface area contributed by atoms with Crippen LogP contribution in [0.3, 0.4) is 0 Å². The highest BCUT2D eigenvalue weighted by Gasteiger charge is 2.29. The fourth-order valence-electron chi connectivity index (χ4n) is 2.98. The number of fused-ring (bicyclic) bond motifs is 1. The van der Waals surface area contributed by atoms with Crippen LogP contribution in [0.5, 0.6) is 0 Å². The summed E-state index contributed by atoms with van der Waals surface area (Å²) >= 11 is 0. The minimum Gasteiger partial charge on any atom is -0.311 e. The van der Waals surface area contributed by atoms with Crippen LogP contribution in [-0.2, 0) is 26.5 Å². The lowest BCUT2D eigenvalue weighted by atomic mass is 9.95. The minimum absolute atomic E-state index is 0.0872. The molecule has 1 unspecified atom stereocenters. The summed E-state index contributed by atoms with van der Waals surface area (Å²) in [6.07, 6.45) is 0.132. The predicted octanol–water partition coefficient (Wildman–Crippen LogP) is 1.67. The van der Waals surface area contributed by atoms with Gasteiger partial charge in [-0.05, 0) is 18.1 Å². The van der Waals surface area contributed by atoms with E-state index in [1.807, 2.05) is 6.92 Å². The molecule has 2 heterocycles. The van der Waals surface area contributed by atoms with Crippen molar-refractivity contribution >= 4 is 33.3 Å². The van der Waals surface area contributed by atoms with Crippen molar-refractivity contribution in [3.8, 4) is 0 Å². The molecule has 1 aliphatic heterocycles. The van der Waals surface area contributed by atoms with Crippen LogP contribution in [0.1, 0.15) is 31.2 Å². The summed E-state index contributed by atoms with van der Waals surface area (Å²) in [6.45, 7) is 1.88. The summed E-state index contributed by atoms with van der Waals surface area (Å²) < 4.78 is 26.0. The van der Waals surface area contributed by atoms with Crippen LogP contribution in [0.4, 0.5) is 11.6 Å². The summed E-state index contributed by atoms with van der Waals surface area (Å²) in [6, 6.07) is 8.03. The van der Waals surface area contributed by atoms with Gasteiger partial charge in [-0.15, -0.1) is 0 Å². The van der Waals surface area contributed by atoms with E-state index in [0.717, 1.165) is 5.56 Å². The number of hydrogen-bond donors (Lipinski definition) is 2. The van der Waals surface area contributed by atoms with Gasteiger partial charge >= 0.3 is 0 Å². The van der Waals surface area contributed by atoms with Crippen LogP contribution < -0.4 is 10.6 Å². The van der Waals surface area contributed by atoms with E-state index in [1.165, 1.54) is 16.8 Å². The topological polar surface area (TPSA) is 110 Å². The van der Waals surface area contributed by atoms with Crippen LogP contribution in [0, 0.1) is 0 Å². The molecule has 0 aliphatic carbocycles. The van der Waals surface area contributed by atoms with Gasteiger partial charge in [0.15, 0.2) is 15.7 Å². The molecule has 26 heavy (non-hydrogen) atoms. The molecule has 0 fully saturated rings. The molecule has 9 heteroatoms. The smallest absolute Gasteiger partial charge is 0.226 e.